The zero-order valence-corrected chi connectivity index (χ0v) is 24.2. The number of allylic oxidation sites excluding steroid dienone is 1. The van der Waals surface area contributed by atoms with Gasteiger partial charge in [0.1, 0.15) is 0 Å². The predicted octanol–water partition coefficient (Wildman–Crippen LogP) is 11.6. The Kier molecular flexibility index (Phi) is 4.95. The molecule has 8 aromatic rings. The van der Waals surface area contributed by atoms with Crippen molar-refractivity contribution in [2.75, 3.05) is 0 Å². The van der Waals surface area contributed by atoms with Gasteiger partial charge < -0.3 is 4.57 Å². The van der Waals surface area contributed by atoms with E-state index in [9.17, 15) is 0 Å². The van der Waals surface area contributed by atoms with E-state index in [1.165, 1.54) is 88.8 Å². The van der Waals surface area contributed by atoms with E-state index in [1.807, 2.05) is 0 Å². The smallest absolute Gasteiger partial charge is 0.0622 e. The Hall–Kier alpha value is -5.40. The molecule has 1 nitrogen and oxygen atoms in total. The number of benzene rings is 7. The molecule has 1 saturated carbocycles. The fourth-order valence-electron chi connectivity index (χ4n) is 8.07. The number of fused-ring (bicyclic) bond motifs is 12. The maximum Gasteiger partial charge on any atom is 0.0622 e. The summed E-state index contributed by atoms with van der Waals surface area (Å²) in [4.78, 5) is 0. The second-order valence-corrected chi connectivity index (χ2v) is 12.4. The third-order valence-corrected chi connectivity index (χ3v) is 10.0. The second kappa shape index (κ2) is 9.05. The van der Waals surface area contributed by atoms with Gasteiger partial charge in [0.05, 0.1) is 11.2 Å². The maximum atomic E-state index is 2.55. The van der Waals surface area contributed by atoms with Crippen molar-refractivity contribution in [1.82, 2.24) is 4.57 Å². The fraction of sp³-hybridized carbons (Fsp3) is 0.0698. The summed E-state index contributed by atoms with van der Waals surface area (Å²) in [6.45, 7) is 0. The molecule has 1 heterocycles. The van der Waals surface area contributed by atoms with Crippen LogP contribution < -0.4 is 0 Å². The molecule has 1 heteroatoms. The van der Waals surface area contributed by atoms with Gasteiger partial charge in [-0.05, 0) is 97.3 Å². The van der Waals surface area contributed by atoms with Gasteiger partial charge in [-0.1, -0.05) is 127 Å². The van der Waals surface area contributed by atoms with Crippen molar-refractivity contribution in [3.8, 4) is 27.9 Å². The predicted molar refractivity (Wildman–Crippen MR) is 187 cm³/mol. The number of hydrogen-bond donors (Lipinski definition) is 0. The molecule has 44 heavy (non-hydrogen) atoms. The average molecular weight is 560 g/mol. The van der Waals surface area contributed by atoms with E-state index in [0.717, 1.165) is 0 Å². The largest absolute Gasteiger partial charge is 0.309 e. The Morgan fingerprint density at radius 2 is 1.14 bits per heavy atom. The van der Waals surface area contributed by atoms with Crippen molar-refractivity contribution < 1.29 is 0 Å². The molecule has 0 spiro atoms. The summed E-state index contributed by atoms with van der Waals surface area (Å²) < 4.78 is 2.55. The van der Waals surface area contributed by atoms with Crippen LogP contribution in [-0.4, -0.2) is 4.57 Å². The van der Waals surface area contributed by atoms with Gasteiger partial charge in [0.25, 0.3) is 0 Å². The first-order valence-corrected chi connectivity index (χ1v) is 15.7. The van der Waals surface area contributed by atoms with Crippen molar-refractivity contribution in [3.63, 3.8) is 0 Å². The second-order valence-electron chi connectivity index (χ2n) is 12.4. The van der Waals surface area contributed by atoms with Crippen molar-refractivity contribution in [3.05, 3.63) is 157 Å². The Morgan fingerprint density at radius 1 is 0.500 bits per heavy atom. The highest BCUT2D eigenvalue weighted by atomic mass is 15.0. The van der Waals surface area contributed by atoms with Gasteiger partial charge in [0.2, 0.25) is 0 Å². The van der Waals surface area contributed by atoms with Crippen LogP contribution >= 0.6 is 0 Å². The van der Waals surface area contributed by atoms with Crippen molar-refractivity contribution in [1.29, 1.82) is 0 Å². The summed E-state index contributed by atoms with van der Waals surface area (Å²) in [5.74, 6) is 1.24. The third-order valence-electron chi connectivity index (χ3n) is 10.0. The van der Waals surface area contributed by atoms with Crippen molar-refractivity contribution >= 4 is 49.3 Å². The van der Waals surface area contributed by atoms with Crippen LogP contribution in [0.4, 0.5) is 0 Å². The number of nitrogens with zero attached hydrogens (tertiary/aromatic N) is 1. The fourth-order valence-corrected chi connectivity index (χ4v) is 8.07. The Labute approximate surface area is 256 Å². The van der Waals surface area contributed by atoms with Crippen LogP contribution in [-0.2, 0) is 0 Å². The third kappa shape index (κ3) is 3.30. The number of para-hydroxylation sites is 1. The van der Waals surface area contributed by atoms with Gasteiger partial charge in [0, 0.05) is 16.5 Å². The minimum absolute atomic E-state index is 0.587. The van der Waals surface area contributed by atoms with E-state index in [4.69, 9.17) is 0 Å². The summed E-state index contributed by atoms with van der Waals surface area (Å²) in [5.41, 5.74) is 10.5. The molecule has 10 rings (SSSR count). The summed E-state index contributed by atoms with van der Waals surface area (Å²) in [7, 11) is 0. The van der Waals surface area contributed by atoms with Gasteiger partial charge in [-0.3, -0.25) is 0 Å². The molecular weight excluding hydrogens is 530 g/mol. The highest BCUT2D eigenvalue weighted by molar-refractivity contribution is 6.34. The molecule has 206 valence electrons. The number of aromatic nitrogens is 1. The molecule has 0 aliphatic heterocycles. The molecular formula is C43H29N. The molecule has 2 aliphatic rings. The Morgan fingerprint density at radius 3 is 1.93 bits per heavy atom. The lowest BCUT2D eigenvalue weighted by Crippen LogP contribution is -1.99. The molecule has 7 aromatic carbocycles. The van der Waals surface area contributed by atoms with Gasteiger partial charge in [-0.2, -0.15) is 0 Å². The van der Waals surface area contributed by atoms with Crippen molar-refractivity contribution in [2.24, 2.45) is 5.92 Å². The number of hydrogen-bond acceptors (Lipinski definition) is 0. The van der Waals surface area contributed by atoms with E-state index in [1.54, 1.807) is 0 Å². The van der Waals surface area contributed by atoms with E-state index in [2.05, 4.69) is 156 Å². The normalized spacial score (nSPS) is 16.9. The summed E-state index contributed by atoms with van der Waals surface area (Å²) >= 11 is 0. The zero-order chi connectivity index (χ0) is 28.8. The van der Waals surface area contributed by atoms with Crippen LogP contribution in [0.3, 0.4) is 0 Å². The molecule has 0 radical (unpaired) electrons. The topological polar surface area (TPSA) is 4.93 Å². The highest BCUT2D eigenvalue weighted by Crippen LogP contribution is 2.58. The average Bonchev–Trinajstić information content (AvgIpc) is 3.81. The van der Waals surface area contributed by atoms with Gasteiger partial charge in [-0.25, -0.2) is 0 Å². The first-order chi connectivity index (χ1) is 21.9. The molecule has 1 fully saturated rings. The molecule has 1 unspecified atom stereocenters. The summed E-state index contributed by atoms with van der Waals surface area (Å²) in [6.07, 6.45) is 6.10. The zero-order valence-electron chi connectivity index (χ0n) is 24.2. The molecule has 1 aromatic heterocycles. The lowest BCUT2D eigenvalue weighted by molar-refractivity contribution is 0.976. The molecule has 0 bridgehead atoms. The van der Waals surface area contributed by atoms with Crippen LogP contribution in [0.25, 0.3) is 77.2 Å². The Bertz CT molecular complexity index is 2460. The SMILES string of the molecule is C1=CC2C[C@H]2c2c1n(-c1ccccc1)c1c3ccccc3c3cc(-c4ccccc4-c4ccccc4)c4ccccc4c3c21. The monoisotopic (exact) mass is 559 g/mol. The molecule has 0 saturated heterocycles. The van der Waals surface area contributed by atoms with Gasteiger partial charge in [-0.15, -0.1) is 0 Å². The van der Waals surface area contributed by atoms with E-state index in [-0.39, 0.29) is 0 Å². The molecule has 2 atom stereocenters. The summed E-state index contributed by atoms with van der Waals surface area (Å²) in [6, 6.07) is 51.3. The first-order valence-electron chi connectivity index (χ1n) is 15.7. The highest BCUT2D eigenvalue weighted by Gasteiger charge is 2.43. The van der Waals surface area contributed by atoms with Gasteiger partial charge >= 0.3 is 0 Å². The minimum Gasteiger partial charge on any atom is -0.309 e. The lowest BCUT2D eigenvalue weighted by Gasteiger charge is -2.18. The van der Waals surface area contributed by atoms with E-state index < -0.39 is 0 Å². The Balaban J connectivity index is 1.43. The van der Waals surface area contributed by atoms with Crippen LogP contribution in [0.2, 0.25) is 0 Å². The van der Waals surface area contributed by atoms with Crippen LogP contribution in [0.15, 0.2) is 146 Å². The number of rotatable bonds is 3. The molecule has 0 N–H and O–H groups in total. The summed E-state index contributed by atoms with van der Waals surface area (Å²) in [5, 5.41) is 9.43. The van der Waals surface area contributed by atoms with Gasteiger partial charge in [0.15, 0.2) is 0 Å². The van der Waals surface area contributed by atoms with E-state index in [0.29, 0.717) is 11.8 Å². The standard InChI is InChI=1S/C43H29N/c1-3-13-27(14-4-1)30-17-7-8-18-31(30)37-26-38-33-20-10-12-22-35(33)43-42(40(38)34-21-11-9-19-32(34)37)41-36-25-28(36)23-24-39(41)44(43)29-15-5-2-6-16-29/h1-24,26,28,36H,25H2/t28?,36-/m1/s1. The first kappa shape index (κ1) is 24.1. The van der Waals surface area contributed by atoms with Crippen molar-refractivity contribution in [2.45, 2.75) is 12.3 Å². The lowest BCUT2D eigenvalue weighted by atomic mass is 9.85. The maximum absolute atomic E-state index is 2.55. The van der Waals surface area contributed by atoms with E-state index >= 15 is 0 Å². The molecule has 0 amide bonds. The molecule has 2 aliphatic carbocycles. The minimum atomic E-state index is 0.587. The quantitative estimate of drug-likeness (QED) is 0.190. The van der Waals surface area contributed by atoms with Crippen LogP contribution in [0.5, 0.6) is 0 Å². The van der Waals surface area contributed by atoms with Crippen LogP contribution in [0, 0.1) is 5.92 Å². The van der Waals surface area contributed by atoms with Crippen LogP contribution in [0.1, 0.15) is 23.6 Å².